The lowest BCUT2D eigenvalue weighted by molar-refractivity contribution is 0.0778. The summed E-state index contributed by atoms with van der Waals surface area (Å²) in [4.78, 5) is 9.16. The Bertz CT molecular complexity index is 471. The molecule has 5 nitrogen and oxygen atoms in total. The molecule has 2 rings (SSSR count). The average molecular weight is 318 g/mol. The second-order valence-electron chi connectivity index (χ2n) is 6.29. The number of rotatable bonds is 9. The number of ether oxygens (including phenoxy) is 1. The summed E-state index contributed by atoms with van der Waals surface area (Å²) in [6.07, 6.45) is 7.72. The third-order valence-electron chi connectivity index (χ3n) is 4.57. The van der Waals surface area contributed by atoms with Crippen LogP contribution in [-0.4, -0.2) is 44.3 Å². The highest BCUT2D eigenvalue weighted by molar-refractivity contribution is 5.79. The first-order valence-electron chi connectivity index (χ1n) is 8.69. The molecule has 0 spiro atoms. The molecule has 1 aliphatic rings. The Labute approximate surface area is 139 Å². The summed E-state index contributed by atoms with van der Waals surface area (Å²) in [5, 5.41) is 6.75. The van der Waals surface area contributed by atoms with E-state index < -0.39 is 0 Å². The molecule has 1 aromatic heterocycles. The molecular weight excluding hydrogens is 288 g/mol. The standard InChI is InChI=1S/C18H30N4O/c1-3-19-17(21-13-8-16-7-4-5-12-20-16)22-15-18(9-6-10-18)11-14-23-2/h4-5,7,12H,3,6,8-11,13-15H2,1-2H3,(H2,19,21,22). The molecule has 0 amide bonds. The van der Waals surface area contributed by atoms with Crippen molar-refractivity contribution in [2.45, 2.75) is 39.0 Å². The molecule has 1 saturated carbocycles. The van der Waals surface area contributed by atoms with Crippen molar-refractivity contribution in [3.8, 4) is 0 Å². The van der Waals surface area contributed by atoms with E-state index in [-0.39, 0.29) is 0 Å². The van der Waals surface area contributed by atoms with Gasteiger partial charge < -0.3 is 15.4 Å². The van der Waals surface area contributed by atoms with Crippen LogP contribution in [0, 0.1) is 5.41 Å². The Morgan fingerprint density at radius 2 is 2.22 bits per heavy atom. The van der Waals surface area contributed by atoms with E-state index in [0.717, 1.165) is 50.7 Å². The predicted octanol–water partition coefficient (Wildman–Crippen LogP) is 2.39. The number of nitrogens with zero attached hydrogens (tertiary/aromatic N) is 2. The van der Waals surface area contributed by atoms with Crippen LogP contribution in [-0.2, 0) is 11.2 Å². The molecule has 23 heavy (non-hydrogen) atoms. The van der Waals surface area contributed by atoms with Crippen LogP contribution >= 0.6 is 0 Å². The first kappa shape index (κ1) is 17.7. The monoisotopic (exact) mass is 318 g/mol. The quantitative estimate of drug-likeness (QED) is 0.542. The van der Waals surface area contributed by atoms with Gasteiger partial charge in [-0.1, -0.05) is 12.5 Å². The molecule has 5 heteroatoms. The van der Waals surface area contributed by atoms with Crippen LogP contribution in [0.4, 0.5) is 0 Å². The molecule has 1 aromatic rings. The lowest BCUT2D eigenvalue weighted by atomic mass is 9.67. The molecule has 0 atom stereocenters. The molecular formula is C18H30N4O. The van der Waals surface area contributed by atoms with Crippen LogP contribution < -0.4 is 10.6 Å². The zero-order chi connectivity index (χ0) is 16.4. The largest absolute Gasteiger partial charge is 0.385 e. The Balaban J connectivity index is 1.81. The van der Waals surface area contributed by atoms with Crippen LogP contribution in [0.2, 0.25) is 0 Å². The van der Waals surface area contributed by atoms with Gasteiger partial charge in [-0.25, -0.2) is 0 Å². The molecule has 0 unspecified atom stereocenters. The van der Waals surface area contributed by atoms with Gasteiger partial charge in [0.25, 0.3) is 0 Å². The zero-order valence-corrected chi connectivity index (χ0v) is 14.5. The van der Waals surface area contributed by atoms with Gasteiger partial charge in [-0.15, -0.1) is 0 Å². The number of hydrogen-bond donors (Lipinski definition) is 2. The summed E-state index contributed by atoms with van der Waals surface area (Å²) in [5.74, 6) is 0.909. The summed E-state index contributed by atoms with van der Waals surface area (Å²) < 4.78 is 5.25. The highest BCUT2D eigenvalue weighted by Gasteiger charge is 2.36. The maximum absolute atomic E-state index is 5.25. The van der Waals surface area contributed by atoms with E-state index in [2.05, 4.69) is 28.6 Å². The van der Waals surface area contributed by atoms with E-state index in [1.807, 2.05) is 18.3 Å². The third-order valence-corrected chi connectivity index (χ3v) is 4.57. The van der Waals surface area contributed by atoms with E-state index in [1.165, 1.54) is 19.3 Å². The van der Waals surface area contributed by atoms with Gasteiger partial charge in [-0.2, -0.15) is 0 Å². The van der Waals surface area contributed by atoms with E-state index in [1.54, 1.807) is 7.11 Å². The summed E-state index contributed by atoms with van der Waals surface area (Å²) in [6, 6.07) is 6.03. The normalized spacial score (nSPS) is 16.7. The first-order valence-corrected chi connectivity index (χ1v) is 8.69. The zero-order valence-electron chi connectivity index (χ0n) is 14.5. The van der Waals surface area contributed by atoms with Crippen molar-refractivity contribution in [2.24, 2.45) is 10.4 Å². The smallest absolute Gasteiger partial charge is 0.191 e. The summed E-state index contributed by atoms with van der Waals surface area (Å²) in [5.41, 5.74) is 1.46. The second kappa shape index (κ2) is 9.50. The average Bonchev–Trinajstić information content (AvgIpc) is 2.54. The number of hydrogen-bond acceptors (Lipinski definition) is 3. The SMILES string of the molecule is CCNC(=NCC1(CCOC)CCC1)NCCc1ccccn1. The van der Waals surface area contributed by atoms with Gasteiger partial charge in [0.05, 0.1) is 0 Å². The Hall–Kier alpha value is -1.62. The van der Waals surface area contributed by atoms with Crippen molar-refractivity contribution < 1.29 is 4.74 Å². The van der Waals surface area contributed by atoms with Crippen molar-refractivity contribution in [3.05, 3.63) is 30.1 Å². The lowest BCUT2D eigenvalue weighted by Crippen LogP contribution is -2.41. The number of pyridine rings is 1. The highest BCUT2D eigenvalue weighted by atomic mass is 16.5. The van der Waals surface area contributed by atoms with Gasteiger partial charge in [0.1, 0.15) is 0 Å². The van der Waals surface area contributed by atoms with Crippen LogP contribution in [0.3, 0.4) is 0 Å². The van der Waals surface area contributed by atoms with Crippen molar-refractivity contribution in [2.75, 3.05) is 33.4 Å². The van der Waals surface area contributed by atoms with Crippen molar-refractivity contribution in [1.29, 1.82) is 0 Å². The fourth-order valence-corrected chi connectivity index (χ4v) is 2.93. The van der Waals surface area contributed by atoms with Crippen LogP contribution in [0.5, 0.6) is 0 Å². The lowest BCUT2D eigenvalue weighted by Gasteiger charge is -2.40. The molecule has 0 aliphatic heterocycles. The molecule has 0 aromatic carbocycles. The minimum absolute atomic E-state index is 0.360. The molecule has 0 radical (unpaired) electrons. The Kier molecular flexibility index (Phi) is 7.33. The second-order valence-corrected chi connectivity index (χ2v) is 6.29. The molecule has 0 bridgehead atoms. The minimum atomic E-state index is 0.360. The van der Waals surface area contributed by atoms with Crippen molar-refractivity contribution in [3.63, 3.8) is 0 Å². The highest BCUT2D eigenvalue weighted by Crippen LogP contribution is 2.44. The summed E-state index contributed by atoms with van der Waals surface area (Å²) >= 11 is 0. The minimum Gasteiger partial charge on any atom is -0.385 e. The number of aromatic nitrogens is 1. The van der Waals surface area contributed by atoms with Crippen molar-refractivity contribution in [1.82, 2.24) is 15.6 Å². The number of methoxy groups -OCH3 is 1. The van der Waals surface area contributed by atoms with Gasteiger partial charge in [-0.3, -0.25) is 9.98 Å². The Morgan fingerprint density at radius 1 is 1.35 bits per heavy atom. The maximum atomic E-state index is 5.25. The topological polar surface area (TPSA) is 58.5 Å². The van der Waals surface area contributed by atoms with Crippen LogP contribution in [0.1, 0.15) is 38.3 Å². The number of nitrogens with one attached hydrogen (secondary N) is 2. The molecule has 0 saturated heterocycles. The van der Waals surface area contributed by atoms with Gasteiger partial charge in [-0.05, 0) is 43.7 Å². The fourth-order valence-electron chi connectivity index (χ4n) is 2.93. The van der Waals surface area contributed by atoms with Gasteiger partial charge in [0.15, 0.2) is 5.96 Å². The van der Waals surface area contributed by atoms with Gasteiger partial charge >= 0.3 is 0 Å². The van der Waals surface area contributed by atoms with Crippen LogP contribution in [0.15, 0.2) is 29.4 Å². The molecule has 1 heterocycles. The van der Waals surface area contributed by atoms with Gasteiger partial charge in [0, 0.05) is 51.7 Å². The number of guanidine groups is 1. The van der Waals surface area contributed by atoms with E-state index in [0.29, 0.717) is 5.41 Å². The number of aliphatic imine (C=N–C) groups is 1. The van der Waals surface area contributed by atoms with Gasteiger partial charge in [0.2, 0.25) is 0 Å². The van der Waals surface area contributed by atoms with Crippen molar-refractivity contribution >= 4 is 5.96 Å². The molecule has 1 fully saturated rings. The Morgan fingerprint density at radius 3 is 2.83 bits per heavy atom. The molecule has 2 N–H and O–H groups in total. The van der Waals surface area contributed by atoms with E-state index >= 15 is 0 Å². The summed E-state index contributed by atoms with van der Waals surface area (Å²) in [6.45, 7) is 5.53. The third kappa shape index (κ3) is 5.82. The fraction of sp³-hybridized carbons (Fsp3) is 0.667. The molecule has 128 valence electrons. The van der Waals surface area contributed by atoms with E-state index in [4.69, 9.17) is 9.73 Å². The van der Waals surface area contributed by atoms with Crippen LogP contribution in [0.25, 0.3) is 0 Å². The summed E-state index contributed by atoms with van der Waals surface area (Å²) in [7, 11) is 1.78. The maximum Gasteiger partial charge on any atom is 0.191 e. The van der Waals surface area contributed by atoms with E-state index in [9.17, 15) is 0 Å². The molecule has 1 aliphatic carbocycles. The first-order chi connectivity index (χ1) is 11.3. The predicted molar refractivity (Wildman–Crippen MR) is 94.7 cm³/mol.